The van der Waals surface area contributed by atoms with E-state index in [9.17, 15) is 0 Å². The summed E-state index contributed by atoms with van der Waals surface area (Å²) >= 11 is 6.01. The van der Waals surface area contributed by atoms with Crippen molar-refractivity contribution in [1.82, 2.24) is 15.0 Å². The van der Waals surface area contributed by atoms with Crippen LogP contribution in [0.15, 0.2) is 78.2 Å². The van der Waals surface area contributed by atoms with Gasteiger partial charge in [-0.2, -0.15) is 5.10 Å². The van der Waals surface area contributed by atoms with Crippen LogP contribution in [0.2, 0.25) is 5.02 Å². The lowest BCUT2D eigenvalue weighted by Gasteiger charge is -2.10. The second-order valence-electron chi connectivity index (χ2n) is 5.57. The standard InChI is InChI=1S/C20H14ClN5/c21-16-8-6-14(7-9-16)18-12-15-4-3-11-23-19(15)25-20(18)26-24-13-17-5-1-2-10-22-17/h1-13H,(H,23,25,26)/b24-13+. The number of pyridine rings is 3. The van der Waals surface area contributed by atoms with Crippen LogP contribution in [0.4, 0.5) is 5.82 Å². The van der Waals surface area contributed by atoms with E-state index in [2.05, 4.69) is 25.5 Å². The first-order valence-electron chi connectivity index (χ1n) is 8.01. The van der Waals surface area contributed by atoms with Crippen molar-refractivity contribution in [2.45, 2.75) is 0 Å². The Hall–Kier alpha value is -3.31. The van der Waals surface area contributed by atoms with E-state index >= 15 is 0 Å². The third-order valence-electron chi connectivity index (χ3n) is 3.80. The molecule has 0 radical (unpaired) electrons. The van der Waals surface area contributed by atoms with Crippen molar-refractivity contribution in [3.63, 3.8) is 0 Å². The fraction of sp³-hybridized carbons (Fsp3) is 0. The molecular formula is C20H14ClN5. The quantitative estimate of drug-likeness (QED) is 0.420. The van der Waals surface area contributed by atoms with Crippen molar-refractivity contribution in [3.05, 3.63) is 83.8 Å². The van der Waals surface area contributed by atoms with Crippen molar-refractivity contribution in [2.24, 2.45) is 5.10 Å². The van der Waals surface area contributed by atoms with E-state index < -0.39 is 0 Å². The van der Waals surface area contributed by atoms with Crippen LogP contribution in [0.25, 0.3) is 22.2 Å². The zero-order valence-corrected chi connectivity index (χ0v) is 14.4. The Morgan fingerprint density at radius 2 is 1.77 bits per heavy atom. The van der Waals surface area contributed by atoms with Gasteiger partial charge in [-0.1, -0.05) is 29.8 Å². The van der Waals surface area contributed by atoms with E-state index in [1.807, 2.05) is 60.7 Å². The maximum atomic E-state index is 6.01. The maximum Gasteiger partial charge on any atom is 0.161 e. The number of halogens is 1. The molecule has 0 spiro atoms. The van der Waals surface area contributed by atoms with Gasteiger partial charge in [0.25, 0.3) is 0 Å². The van der Waals surface area contributed by atoms with Crippen LogP contribution in [0.3, 0.4) is 0 Å². The minimum Gasteiger partial charge on any atom is -0.261 e. The summed E-state index contributed by atoms with van der Waals surface area (Å²) in [6, 6.07) is 19.2. The van der Waals surface area contributed by atoms with Gasteiger partial charge in [0.2, 0.25) is 0 Å². The highest BCUT2D eigenvalue weighted by atomic mass is 35.5. The number of hydrazone groups is 1. The summed E-state index contributed by atoms with van der Waals surface area (Å²) in [6.07, 6.45) is 5.09. The Morgan fingerprint density at radius 1 is 0.923 bits per heavy atom. The van der Waals surface area contributed by atoms with Gasteiger partial charge in [0, 0.05) is 28.4 Å². The van der Waals surface area contributed by atoms with Crippen molar-refractivity contribution in [3.8, 4) is 11.1 Å². The van der Waals surface area contributed by atoms with Crippen LogP contribution in [0.1, 0.15) is 5.69 Å². The molecule has 126 valence electrons. The number of nitrogens with one attached hydrogen (secondary N) is 1. The van der Waals surface area contributed by atoms with Crippen molar-refractivity contribution in [2.75, 3.05) is 5.43 Å². The van der Waals surface area contributed by atoms with E-state index in [0.717, 1.165) is 22.2 Å². The third kappa shape index (κ3) is 3.53. The predicted octanol–water partition coefficient (Wildman–Crippen LogP) is 4.79. The van der Waals surface area contributed by atoms with Gasteiger partial charge in [-0.15, -0.1) is 0 Å². The van der Waals surface area contributed by atoms with Gasteiger partial charge in [0.15, 0.2) is 11.5 Å². The molecule has 0 bridgehead atoms. The fourth-order valence-electron chi connectivity index (χ4n) is 2.55. The van der Waals surface area contributed by atoms with E-state index in [1.165, 1.54) is 0 Å². The molecule has 0 saturated carbocycles. The van der Waals surface area contributed by atoms with Crippen LogP contribution in [-0.2, 0) is 0 Å². The molecule has 5 nitrogen and oxygen atoms in total. The topological polar surface area (TPSA) is 63.1 Å². The summed E-state index contributed by atoms with van der Waals surface area (Å²) in [7, 11) is 0. The number of nitrogens with zero attached hydrogens (tertiary/aromatic N) is 4. The van der Waals surface area contributed by atoms with Crippen molar-refractivity contribution < 1.29 is 0 Å². The van der Waals surface area contributed by atoms with Gasteiger partial charge in [0.1, 0.15) is 0 Å². The molecule has 26 heavy (non-hydrogen) atoms. The van der Waals surface area contributed by atoms with Crippen LogP contribution in [0, 0.1) is 0 Å². The minimum atomic E-state index is 0.616. The highest BCUT2D eigenvalue weighted by Gasteiger charge is 2.09. The highest BCUT2D eigenvalue weighted by Crippen LogP contribution is 2.30. The van der Waals surface area contributed by atoms with Crippen LogP contribution < -0.4 is 5.43 Å². The summed E-state index contributed by atoms with van der Waals surface area (Å²) in [6.45, 7) is 0. The summed E-state index contributed by atoms with van der Waals surface area (Å²) < 4.78 is 0. The van der Waals surface area contributed by atoms with Gasteiger partial charge >= 0.3 is 0 Å². The zero-order chi connectivity index (χ0) is 17.8. The lowest BCUT2D eigenvalue weighted by atomic mass is 10.1. The van der Waals surface area contributed by atoms with Crippen LogP contribution >= 0.6 is 11.6 Å². The Bertz CT molecular complexity index is 1060. The number of hydrogen-bond acceptors (Lipinski definition) is 5. The molecule has 0 amide bonds. The molecule has 4 rings (SSSR count). The SMILES string of the molecule is Clc1ccc(-c2cc3cccnc3nc2N/N=C/c2ccccn2)cc1. The molecule has 0 aliphatic heterocycles. The molecule has 1 aromatic carbocycles. The first kappa shape index (κ1) is 16.2. The molecule has 0 saturated heterocycles. The number of hydrogen-bond donors (Lipinski definition) is 1. The van der Waals surface area contributed by atoms with Gasteiger partial charge in [-0.3, -0.25) is 10.4 Å². The molecule has 0 atom stereocenters. The monoisotopic (exact) mass is 359 g/mol. The van der Waals surface area contributed by atoms with Gasteiger partial charge in [0.05, 0.1) is 11.9 Å². The summed E-state index contributed by atoms with van der Waals surface area (Å²) in [5.41, 5.74) is 6.33. The van der Waals surface area contributed by atoms with E-state index in [0.29, 0.717) is 16.5 Å². The molecule has 3 heterocycles. The Labute approximate surface area is 155 Å². The molecule has 3 aromatic heterocycles. The highest BCUT2D eigenvalue weighted by molar-refractivity contribution is 6.30. The molecular weight excluding hydrogens is 346 g/mol. The number of aromatic nitrogens is 3. The molecule has 0 aliphatic carbocycles. The van der Waals surface area contributed by atoms with Crippen molar-refractivity contribution >= 4 is 34.7 Å². The second-order valence-corrected chi connectivity index (χ2v) is 6.00. The lowest BCUT2D eigenvalue weighted by Crippen LogP contribution is -1.98. The normalized spacial score (nSPS) is 11.1. The van der Waals surface area contributed by atoms with E-state index in [-0.39, 0.29) is 0 Å². The zero-order valence-electron chi connectivity index (χ0n) is 13.7. The lowest BCUT2D eigenvalue weighted by molar-refractivity contribution is 1.22. The number of fused-ring (bicyclic) bond motifs is 1. The van der Waals surface area contributed by atoms with Crippen molar-refractivity contribution in [1.29, 1.82) is 0 Å². The van der Waals surface area contributed by atoms with Crippen LogP contribution in [0.5, 0.6) is 0 Å². The average molecular weight is 360 g/mol. The molecule has 0 fully saturated rings. The summed E-state index contributed by atoms with van der Waals surface area (Å²) in [4.78, 5) is 13.1. The molecule has 1 N–H and O–H groups in total. The molecule has 0 aliphatic rings. The van der Waals surface area contributed by atoms with Crippen LogP contribution in [-0.4, -0.2) is 21.2 Å². The van der Waals surface area contributed by atoms with Gasteiger partial charge in [-0.05, 0) is 48.0 Å². The maximum absolute atomic E-state index is 6.01. The largest absolute Gasteiger partial charge is 0.261 e. The van der Waals surface area contributed by atoms with Gasteiger partial charge in [-0.25, -0.2) is 9.97 Å². The Morgan fingerprint density at radius 3 is 2.58 bits per heavy atom. The average Bonchev–Trinajstić information content (AvgIpc) is 2.69. The first-order valence-corrected chi connectivity index (χ1v) is 8.39. The summed E-state index contributed by atoms with van der Waals surface area (Å²) in [5.74, 6) is 0.616. The number of rotatable bonds is 4. The minimum absolute atomic E-state index is 0.616. The fourth-order valence-corrected chi connectivity index (χ4v) is 2.68. The predicted molar refractivity (Wildman–Crippen MR) is 105 cm³/mol. The Balaban J connectivity index is 1.74. The smallest absolute Gasteiger partial charge is 0.161 e. The first-order chi connectivity index (χ1) is 12.8. The van der Waals surface area contributed by atoms with E-state index in [4.69, 9.17) is 11.6 Å². The molecule has 6 heteroatoms. The summed E-state index contributed by atoms with van der Waals surface area (Å²) in [5, 5.41) is 5.91. The number of anilines is 1. The Kier molecular flexibility index (Phi) is 4.53. The molecule has 4 aromatic rings. The number of benzene rings is 1. The molecule has 0 unspecified atom stereocenters. The van der Waals surface area contributed by atoms with Gasteiger partial charge < -0.3 is 0 Å². The van der Waals surface area contributed by atoms with E-state index in [1.54, 1.807) is 18.6 Å². The second kappa shape index (κ2) is 7.29. The third-order valence-corrected chi connectivity index (χ3v) is 4.05.